The minimum absolute atomic E-state index is 0.260. The van der Waals surface area contributed by atoms with Gasteiger partial charge in [0.05, 0.1) is 17.5 Å². The number of benzene rings is 2. The van der Waals surface area contributed by atoms with Gasteiger partial charge in [0.15, 0.2) is 0 Å². The van der Waals surface area contributed by atoms with Gasteiger partial charge in [-0.3, -0.25) is 19.8 Å². The molecule has 0 unspecified atom stereocenters. The highest BCUT2D eigenvalue weighted by molar-refractivity contribution is 5.95. The van der Waals surface area contributed by atoms with Gasteiger partial charge in [0.25, 0.3) is 5.91 Å². The SMILES string of the molecule is Cc1cc(COc2ccc(C(=O)N[C@@H]3CN(CC(C)C)CC[C@@H]3C(=O)NO)cc2)c2ccccc2n1.O=C(O)C(F)(F)F.O=C(O)C(F)(F)F. The lowest BCUT2D eigenvalue weighted by molar-refractivity contribution is -0.193. The predicted octanol–water partition coefficient (Wildman–Crippen LogP) is 4.97. The zero-order chi connectivity index (χ0) is 37.8. The lowest BCUT2D eigenvalue weighted by atomic mass is 9.90. The fourth-order valence-corrected chi connectivity index (χ4v) is 4.87. The smallest absolute Gasteiger partial charge is 0.489 e. The van der Waals surface area contributed by atoms with Crippen molar-refractivity contribution >= 4 is 34.7 Å². The summed E-state index contributed by atoms with van der Waals surface area (Å²) in [6, 6.07) is 16.6. The molecular formula is C32H36F6N4O8. The zero-order valence-electron chi connectivity index (χ0n) is 27.0. The summed E-state index contributed by atoms with van der Waals surface area (Å²) >= 11 is 0. The number of hydroxylamine groups is 1. The number of carbonyl (C=O) groups is 4. The summed E-state index contributed by atoms with van der Waals surface area (Å²) in [7, 11) is 0. The Labute approximate surface area is 282 Å². The highest BCUT2D eigenvalue weighted by Gasteiger charge is 2.39. The van der Waals surface area contributed by atoms with Crippen molar-refractivity contribution in [2.75, 3.05) is 19.6 Å². The molecule has 0 bridgehead atoms. The number of carboxylic acid groups (broad SMARTS) is 2. The van der Waals surface area contributed by atoms with E-state index in [1.54, 1.807) is 29.7 Å². The van der Waals surface area contributed by atoms with Crippen molar-refractivity contribution in [3.63, 3.8) is 0 Å². The van der Waals surface area contributed by atoms with Crippen LogP contribution < -0.4 is 15.5 Å². The van der Waals surface area contributed by atoms with Crippen molar-refractivity contribution in [2.24, 2.45) is 11.8 Å². The van der Waals surface area contributed by atoms with Gasteiger partial charge in [0.1, 0.15) is 12.4 Å². The van der Waals surface area contributed by atoms with Crippen LogP contribution in [0.1, 0.15) is 41.9 Å². The van der Waals surface area contributed by atoms with E-state index >= 15 is 0 Å². The second kappa shape index (κ2) is 18.1. The van der Waals surface area contributed by atoms with E-state index < -0.39 is 42.2 Å². The number of nitrogens with one attached hydrogen (secondary N) is 2. The number of aromatic nitrogens is 1. The molecule has 50 heavy (non-hydrogen) atoms. The summed E-state index contributed by atoms with van der Waals surface area (Å²) in [5.41, 5.74) is 5.16. The van der Waals surface area contributed by atoms with E-state index in [0.717, 1.165) is 35.2 Å². The van der Waals surface area contributed by atoms with Gasteiger partial charge in [0, 0.05) is 35.3 Å². The third-order valence-corrected chi connectivity index (χ3v) is 7.01. The van der Waals surface area contributed by atoms with E-state index in [4.69, 9.17) is 29.7 Å². The number of para-hydroxylation sites is 1. The lowest BCUT2D eigenvalue weighted by Crippen LogP contribution is -2.56. The average Bonchev–Trinajstić information content (AvgIpc) is 3.03. The number of alkyl halides is 6. The fraction of sp³-hybridized carbons (Fsp3) is 0.406. The Balaban J connectivity index is 0.000000521. The van der Waals surface area contributed by atoms with Crippen molar-refractivity contribution in [1.29, 1.82) is 0 Å². The second-order valence-electron chi connectivity index (χ2n) is 11.5. The van der Waals surface area contributed by atoms with Crippen LogP contribution in [0.3, 0.4) is 0 Å². The predicted molar refractivity (Wildman–Crippen MR) is 165 cm³/mol. The minimum Gasteiger partial charge on any atom is -0.489 e. The molecule has 3 aromatic rings. The van der Waals surface area contributed by atoms with Gasteiger partial charge in [-0.05, 0) is 62.2 Å². The number of ether oxygens (including phenoxy) is 1. The molecule has 1 aromatic heterocycles. The topological polar surface area (TPSA) is 178 Å². The quantitative estimate of drug-likeness (QED) is 0.121. The maximum Gasteiger partial charge on any atom is 0.490 e. The number of hydrogen-bond acceptors (Lipinski definition) is 8. The number of halogens is 6. The number of likely N-dealkylation sites (tertiary alicyclic amines) is 1. The number of aliphatic carboxylic acids is 2. The number of nitrogens with zero attached hydrogens (tertiary/aromatic N) is 2. The molecule has 0 aliphatic carbocycles. The van der Waals surface area contributed by atoms with Crippen LogP contribution in [-0.2, 0) is 21.0 Å². The number of pyridine rings is 1. The van der Waals surface area contributed by atoms with E-state index in [0.29, 0.717) is 36.8 Å². The van der Waals surface area contributed by atoms with E-state index in [9.17, 15) is 35.9 Å². The molecule has 18 heteroatoms. The van der Waals surface area contributed by atoms with Crippen molar-refractivity contribution in [3.05, 3.63) is 71.4 Å². The van der Waals surface area contributed by atoms with Crippen molar-refractivity contribution in [3.8, 4) is 5.75 Å². The van der Waals surface area contributed by atoms with Crippen molar-refractivity contribution in [2.45, 2.75) is 52.2 Å². The van der Waals surface area contributed by atoms with E-state index in [-0.39, 0.29) is 5.91 Å². The molecule has 2 aromatic carbocycles. The monoisotopic (exact) mass is 718 g/mol. The van der Waals surface area contributed by atoms with Crippen molar-refractivity contribution < 1.29 is 65.7 Å². The molecule has 0 saturated carbocycles. The second-order valence-corrected chi connectivity index (χ2v) is 11.5. The van der Waals surface area contributed by atoms with Gasteiger partial charge in [-0.2, -0.15) is 26.3 Å². The molecule has 0 spiro atoms. The first kappa shape index (κ1) is 41.2. The molecule has 1 saturated heterocycles. The first-order valence-corrected chi connectivity index (χ1v) is 14.9. The van der Waals surface area contributed by atoms with Crippen LogP contribution in [0.2, 0.25) is 0 Å². The third-order valence-electron chi connectivity index (χ3n) is 7.01. The molecule has 1 fully saturated rings. The Kier molecular flexibility index (Phi) is 15.0. The van der Waals surface area contributed by atoms with E-state index in [1.807, 2.05) is 37.3 Å². The Morgan fingerprint density at radius 3 is 2.04 bits per heavy atom. The summed E-state index contributed by atoms with van der Waals surface area (Å²) in [5, 5.41) is 27.5. The standard InChI is InChI=1S/C28H34N4O4.2C2HF3O2/c1-18(2)15-32-13-12-24(28(34)31-35)26(16-32)30-27(33)20-8-10-22(11-9-20)36-17-21-14-19(3)29-25-7-5-4-6-23(21)25;2*3-2(4,5)1(6)7/h4-11,14,18,24,26,35H,12-13,15-17H2,1-3H3,(H,30,33)(H,31,34);2*(H,6,7)/t24-,26+;;/m0../s1. The van der Waals surface area contributed by atoms with Crippen LogP contribution in [0.25, 0.3) is 10.9 Å². The van der Waals surface area contributed by atoms with Crippen LogP contribution in [-0.4, -0.2) is 87.1 Å². The van der Waals surface area contributed by atoms with Crippen LogP contribution >= 0.6 is 0 Å². The summed E-state index contributed by atoms with van der Waals surface area (Å²) in [5.74, 6) is -5.59. The molecule has 1 aliphatic rings. The summed E-state index contributed by atoms with van der Waals surface area (Å²) in [4.78, 5) is 49.8. The molecular weight excluding hydrogens is 682 g/mol. The summed E-state index contributed by atoms with van der Waals surface area (Å²) < 4.78 is 69.5. The number of carbonyl (C=O) groups excluding carboxylic acids is 2. The molecule has 0 radical (unpaired) electrons. The van der Waals surface area contributed by atoms with Crippen LogP contribution in [0.5, 0.6) is 5.75 Å². The molecule has 5 N–H and O–H groups in total. The number of carboxylic acids is 2. The van der Waals surface area contributed by atoms with Gasteiger partial charge in [0.2, 0.25) is 5.91 Å². The van der Waals surface area contributed by atoms with E-state index in [1.165, 1.54) is 0 Å². The van der Waals surface area contributed by atoms with Crippen molar-refractivity contribution in [1.82, 2.24) is 20.7 Å². The van der Waals surface area contributed by atoms with Gasteiger partial charge in [-0.1, -0.05) is 32.0 Å². The van der Waals surface area contributed by atoms with Gasteiger partial charge in [-0.25, -0.2) is 15.1 Å². The first-order chi connectivity index (χ1) is 23.2. The number of rotatable bonds is 8. The number of aryl methyl sites for hydroxylation is 1. The first-order valence-electron chi connectivity index (χ1n) is 14.9. The molecule has 274 valence electrons. The number of amides is 2. The number of piperidine rings is 1. The Bertz CT molecular complexity index is 1590. The largest absolute Gasteiger partial charge is 0.490 e. The lowest BCUT2D eigenvalue weighted by Gasteiger charge is -2.38. The van der Waals surface area contributed by atoms with Crippen LogP contribution in [0, 0.1) is 18.8 Å². The summed E-state index contributed by atoms with van der Waals surface area (Å²) in [6.45, 7) is 8.83. The average molecular weight is 719 g/mol. The third kappa shape index (κ3) is 13.1. The van der Waals surface area contributed by atoms with Crippen LogP contribution in [0.15, 0.2) is 54.6 Å². The highest BCUT2D eigenvalue weighted by Crippen LogP contribution is 2.23. The maximum absolute atomic E-state index is 13.0. The molecule has 2 heterocycles. The Hall–Kier alpha value is -4.97. The maximum atomic E-state index is 13.0. The molecule has 4 rings (SSSR count). The highest BCUT2D eigenvalue weighted by atomic mass is 19.4. The number of hydrogen-bond donors (Lipinski definition) is 5. The van der Waals surface area contributed by atoms with Gasteiger partial charge < -0.3 is 25.2 Å². The number of fused-ring (bicyclic) bond motifs is 1. The molecule has 2 atom stereocenters. The molecule has 12 nitrogen and oxygen atoms in total. The molecule has 2 amide bonds. The Morgan fingerprint density at radius 1 is 0.960 bits per heavy atom. The van der Waals surface area contributed by atoms with E-state index in [2.05, 4.69) is 29.0 Å². The minimum atomic E-state index is -5.08. The van der Waals surface area contributed by atoms with Crippen LogP contribution in [0.4, 0.5) is 26.3 Å². The zero-order valence-corrected chi connectivity index (χ0v) is 27.0. The fourth-order valence-electron chi connectivity index (χ4n) is 4.87. The normalized spacial score (nSPS) is 16.3. The van der Waals surface area contributed by atoms with Gasteiger partial charge >= 0.3 is 24.3 Å². The Morgan fingerprint density at radius 2 is 1.52 bits per heavy atom. The van der Waals surface area contributed by atoms with Gasteiger partial charge in [-0.15, -0.1) is 0 Å². The molecule has 1 aliphatic heterocycles. The summed E-state index contributed by atoms with van der Waals surface area (Å²) in [6.07, 6.45) is -9.60.